The lowest BCUT2D eigenvalue weighted by atomic mass is 10.1. The lowest BCUT2D eigenvalue weighted by molar-refractivity contribution is -0.116. The van der Waals surface area contributed by atoms with Crippen molar-refractivity contribution in [2.45, 2.75) is 18.9 Å². The van der Waals surface area contributed by atoms with E-state index in [-0.39, 0.29) is 5.91 Å². The minimum Gasteiger partial charge on any atom is -0.487 e. The minimum absolute atomic E-state index is 0.0620. The Bertz CT molecular complexity index is 505. The van der Waals surface area contributed by atoms with E-state index in [0.29, 0.717) is 24.1 Å². The van der Waals surface area contributed by atoms with Gasteiger partial charge in [0.2, 0.25) is 5.91 Å². The van der Waals surface area contributed by atoms with E-state index in [4.69, 9.17) is 10.5 Å². The van der Waals surface area contributed by atoms with Gasteiger partial charge in [0.1, 0.15) is 12.4 Å². The predicted molar refractivity (Wildman–Crippen MR) is 76.7 cm³/mol. The van der Waals surface area contributed by atoms with Crippen LogP contribution in [0.2, 0.25) is 0 Å². The minimum atomic E-state index is -0.0620. The Morgan fingerprint density at radius 1 is 1.53 bits per heavy atom. The van der Waals surface area contributed by atoms with Crippen molar-refractivity contribution >= 4 is 17.7 Å². The molecular formula is C15H18N2O2. The summed E-state index contributed by atoms with van der Waals surface area (Å²) in [6, 6.07) is 5.80. The molecule has 1 aliphatic carbocycles. The number of hydrogen-bond acceptors (Lipinski definition) is 3. The number of carbonyl (C=O) groups excluding carboxylic acids is 1. The Labute approximate surface area is 112 Å². The number of nitrogens with two attached hydrogens (primary N) is 1. The van der Waals surface area contributed by atoms with Crippen LogP contribution in [0.4, 0.5) is 5.69 Å². The molecule has 2 rings (SSSR count). The second-order valence-electron chi connectivity index (χ2n) is 4.51. The molecular weight excluding hydrogens is 240 g/mol. The number of nitrogens with one attached hydrogen (secondary N) is 1. The Hall–Kier alpha value is -2.23. The molecule has 1 fully saturated rings. The second-order valence-corrected chi connectivity index (χ2v) is 4.51. The van der Waals surface area contributed by atoms with E-state index >= 15 is 0 Å². The molecule has 1 aliphatic rings. The van der Waals surface area contributed by atoms with Gasteiger partial charge in [0.25, 0.3) is 0 Å². The Morgan fingerprint density at radius 2 is 2.32 bits per heavy atom. The van der Waals surface area contributed by atoms with E-state index in [2.05, 4.69) is 11.9 Å². The van der Waals surface area contributed by atoms with Crippen LogP contribution < -0.4 is 15.8 Å². The number of anilines is 1. The van der Waals surface area contributed by atoms with Crippen molar-refractivity contribution in [3.8, 4) is 5.75 Å². The van der Waals surface area contributed by atoms with Gasteiger partial charge in [-0.05, 0) is 36.6 Å². The van der Waals surface area contributed by atoms with Crippen LogP contribution in [-0.4, -0.2) is 18.6 Å². The molecule has 0 unspecified atom stereocenters. The van der Waals surface area contributed by atoms with Gasteiger partial charge in [0.05, 0.1) is 5.69 Å². The van der Waals surface area contributed by atoms with Gasteiger partial charge in [-0.15, -0.1) is 0 Å². The number of carbonyl (C=O) groups is 1. The molecule has 0 saturated heterocycles. The van der Waals surface area contributed by atoms with Gasteiger partial charge in [0, 0.05) is 12.1 Å². The fraction of sp³-hybridized carbons (Fsp3) is 0.267. The summed E-state index contributed by atoms with van der Waals surface area (Å²) in [6.07, 6.45) is 7.10. The maximum atomic E-state index is 11.5. The zero-order chi connectivity index (χ0) is 13.7. The van der Waals surface area contributed by atoms with E-state index in [1.165, 1.54) is 6.08 Å². The first-order valence-electron chi connectivity index (χ1n) is 6.31. The SMILES string of the molecule is C=CCOc1ccc(/C=C\C(=O)NC2CC2)cc1N. The zero-order valence-corrected chi connectivity index (χ0v) is 10.8. The fourth-order valence-electron chi connectivity index (χ4n) is 1.60. The lowest BCUT2D eigenvalue weighted by Crippen LogP contribution is -2.22. The van der Waals surface area contributed by atoms with E-state index in [1.807, 2.05) is 6.07 Å². The van der Waals surface area contributed by atoms with Crippen LogP contribution in [0, 0.1) is 0 Å². The van der Waals surface area contributed by atoms with Crippen LogP contribution in [0.25, 0.3) is 6.08 Å². The van der Waals surface area contributed by atoms with Crippen LogP contribution in [0.15, 0.2) is 36.9 Å². The summed E-state index contributed by atoms with van der Waals surface area (Å²) < 4.78 is 5.38. The molecule has 1 amide bonds. The number of ether oxygens (including phenoxy) is 1. The molecule has 1 aromatic carbocycles. The largest absolute Gasteiger partial charge is 0.487 e. The first kappa shape index (κ1) is 13.2. The Morgan fingerprint density at radius 3 is 2.95 bits per heavy atom. The molecule has 4 heteroatoms. The van der Waals surface area contributed by atoms with Gasteiger partial charge in [-0.3, -0.25) is 4.79 Å². The summed E-state index contributed by atoms with van der Waals surface area (Å²) >= 11 is 0. The molecule has 0 aromatic heterocycles. The van der Waals surface area contributed by atoms with Crippen molar-refractivity contribution in [1.82, 2.24) is 5.32 Å². The van der Waals surface area contributed by atoms with E-state index in [0.717, 1.165) is 18.4 Å². The van der Waals surface area contributed by atoms with E-state index < -0.39 is 0 Å². The molecule has 1 aromatic rings. The predicted octanol–water partition coefficient (Wildman–Crippen LogP) is 2.13. The first-order valence-corrected chi connectivity index (χ1v) is 6.31. The van der Waals surface area contributed by atoms with Crippen molar-refractivity contribution in [2.75, 3.05) is 12.3 Å². The topological polar surface area (TPSA) is 64.3 Å². The Kier molecular flexibility index (Phi) is 4.23. The average Bonchev–Trinajstić information content (AvgIpc) is 3.19. The van der Waals surface area contributed by atoms with Gasteiger partial charge >= 0.3 is 0 Å². The van der Waals surface area contributed by atoms with Gasteiger partial charge < -0.3 is 15.8 Å². The smallest absolute Gasteiger partial charge is 0.244 e. The van der Waals surface area contributed by atoms with Crippen LogP contribution in [-0.2, 0) is 4.79 Å². The summed E-state index contributed by atoms with van der Waals surface area (Å²) in [7, 11) is 0. The van der Waals surface area contributed by atoms with Crippen LogP contribution in [0.5, 0.6) is 5.75 Å². The summed E-state index contributed by atoms with van der Waals surface area (Å²) in [6.45, 7) is 4.00. The number of nitrogen functional groups attached to an aromatic ring is 1. The van der Waals surface area contributed by atoms with Crippen molar-refractivity contribution in [3.63, 3.8) is 0 Å². The molecule has 0 spiro atoms. The molecule has 0 heterocycles. The zero-order valence-electron chi connectivity index (χ0n) is 10.8. The average molecular weight is 258 g/mol. The molecule has 0 aliphatic heterocycles. The standard InChI is InChI=1S/C15H18N2O2/c1-2-9-19-14-7-3-11(10-13(14)16)4-8-15(18)17-12-5-6-12/h2-4,7-8,10,12H,1,5-6,9,16H2,(H,17,18)/b8-4-. The molecule has 4 nitrogen and oxygen atoms in total. The first-order chi connectivity index (χ1) is 9.19. The molecule has 100 valence electrons. The fourth-order valence-corrected chi connectivity index (χ4v) is 1.60. The maximum absolute atomic E-state index is 11.5. The Balaban J connectivity index is 1.96. The van der Waals surface area contributed by atoms with Gasteiger partial charge in [-0.2, -0.15) is 0 Å². The van der Waals surface area contributed by atoms with Crippen molar-refractivity contribution in [3.05, 3.63) is 42.5 Å². The summed E-state index contributed by atoms with van der Waals surface area (Å²) in [5.41, 5.74) is 7.28. The van der Waals surface area contributed by atoms with E-state index in [1.54, 1.807) is 24.3 Å². The van der Waals surface area contributed by atoms with Crippen LogP contribution in [0.1, 0.15) is 18.4 Å². The van der Waals surface area contributed by atoms with Crippen molar-refractivity contribution in [1.29, 1.82) is 0 Å². The summed E-state index contributed by atoms with van der Waals surface area (Å²) in [5.74, 6) is 0.563. The van der Waals surface area contributed by atoms with Crippen molar-refractivity contribution in [2.24, 2.45) is 0 Å². The van der Waals surface area contributed by atoms with E-state index in [9.17, 15) is 4.79 Å². The van der Waals surface area contributed by atoms with Gasteiger partial charge in [0.15, 0.2) is 0 Å². The molecule has 0 atom stereocenters. The van der Waals surface area contributed by atoms with Gasteiger partial charge in [-0.25, -0.2) is 0 Å². The third-order valence-electron chi connectivity index (χ3n) is 2.74. The third-order valence-corrected chi connectivity index (χ3v) is 2.74. The van der Waals surface area contributed by atoms with Crippen molar-refractivity contribution < 1.29 is 9.53 Å². The highest BCUT2D eigenvalue weighted by atomic mass is 16.5. The monoisotopic (exact) mass is 258 g/mol. The third kappa shape index (κ3) is 4.17. The lowest BCUT2D eigenvalue weighted by Gasteiger charge is -2.07. The maximum Gasteiger partial charge on any atom is 0.244 e. The molecule has 19 heavy (non-hydrogen) atoms. The molecule has 0 radical (unpaired) electrons. The number of amides is 1. The highest BCUT2D eigenvalue weighted by molar-refractivity contribution is 5.92. The highest BCUT2D eigenvalue weighted by Gasteiger charge is 2.21. The quantitative estimate of drug-likeness (QED) is 0.466. The van der Waals surface area contributed by atoms with Crippen LogP contribution in [0.3, 0.4) is 0 Å². The second kappa shape index (κ2) is 6.09. The van der Waals surface area contributed by atoms with Gasteiger partial charge in [-0.1, -0.05) is 18.7 Å². The normalized spacial score (nSPS) is 14.3. The molecule has 1 saturated carbocycles. The number of hydrogen-bond donors (Lipinski definition) is 2. The number of rotatable bonds is 6. The summed E-state index contributed by atoms with van der Waals surface area (Å²) in [5, 5.41) is 2.89. The molecule has 3 N–H and O–H groups in total. The highest BCUT2D eigenvalue weighted by Crippen LogP contribution is 2.23. The summed E-state index contributed by atoms with van der Waals surface area (Å²) in [4.78, 5) is 11.5. The molecule has 0 bridgehead atoms. The van der Waals surface area contributed by atoms with Crippen LogP contribution >= 0.6 is 0 Å². The number of benzene rings is 1.